The zero-order chi connectivity index (χ0) is 38.4. The normalized spacial score (nSPS) is 13.1. The third-order valence-corrected chi connectivity index (χ3v) is 11.7. The van der Waals surface area contributed by atoms with Gasteiger partial charge >= 0.3 is 21.1 Å². The van der Waals surface area contributed by atoms with Gasteiger partial charge < -0.3 is 9.30 Å². The molecule has 6 heteroatoms. The van der Waals surface area contributed by atoms with Crippen molar-refractivity contribution < 1.29 is 25.8 Å². The summed E-state index contributed by atoms with van der Waals surface area (Å²) in [7, 11) is 0. The molecule has 0 spiro atoms. The number of benzene rings is 5. The van der Waals surface area contributed by atoms with E-state index in [4.69, 9.17) is 14.8 Å². The largest absolute Gasteiger partial charge is 2.00 e. The molecule has 1 aliphatic carbocycles. The number of unbranched alkanes of at least 4 members (excludes halogenated alkanes) is 2. The monoisotopic (exact) mass is 927 g/mol. The van der Waals surface area contributed by atoms with Crippen molar-refractivity contribution in [2.45, 2.75) is 84.0 Å². The van der Waals surface area contributed by atoms with E-state index in [1.807, 2.05) is 41.3 Å². The van der Waals surface area contributed by atoms with Gasteiger partial charge in [-0.05, 0) is 87.0 Å². The Morgan fingerprint density at radius 2 is 1.46 bits per heavy atom. The summed E-state index contributed by atoms with van der Waals surface area (Å²) in [5.41, 5.74) is 12.1. The molecular weight excluding hydrogens is 880 g/mol. The molecule has 3 heterocycles. The van der Waals surface area contributed by atoms with Crippen LogP contribution in [-0.2, 0) is 31.9 Å². The van der Waals surface area contributed by atoms with Gasteiger partial charge in [-0.1, -0.05) is 120 Å². The molecular formula is C51H48N4OPt. The van der Waals surface area contributed by atoms with Crippen LogP contribution in [0.1, 0.15) is 89.8 Å². The molecule has 0 saturated carbocycles. The van der Waals surface area contributed by atoms with Crippen molar-refractivity contribution in [3.63, 3.8) is 0 Å². The second kappa shape index (κ2) is 15.6. The van der Waals surface area contributed by atoms with Crippen LogP contribution in [0.3, 0.4) is 0 Å². The van der Waals surface area contributed by atoms with Crippen molar-refractivity contribution in [3.05, 3.63) is 157 Å². The molecule has 5 aromatic carbocycles. The Morgan fingerprint density at radius 3 is 2.26 bits per heavy atom. The predicted molar refractivity (Wildman–Crippen MR) is 229 cm³/mol. The molecule has 0 atom stereocenters. The van der Waals surface area contributed by atoms with Gasteiger partial charge in [0.05, 0.1) is 6.20 Å². The Labute approximate surface area is 351 Å². The summed E-state index contributed by atoms with van der Waals surface area (Å²) in [6, 6.07) is 46.0. The summed E-state index contributed by atoms with van der Waals surface area (Å²) >= 11 is 0. The maximum atomic E-state index is 6.49. The fourth-order valence-corrected chi connectivity index (χ4v) is 8.79. The van der Waals surface area contributed by atoms with Crippen LogP contribution < -0.4 is 4.74 Å². The molecule has 0 N–H and O–H groups in total. The Kier molecular flexibility index (Phi) is 10.6. The smallest absolute Gasteiger partial charge is 0.509 e. The van der Waals surface area contributed by atoms with Crippen molar-refractivity contribution in [2.75, 3.05) is 0 Å². The van der Waals surface area contributed by atoms with Gasteiger partial charge in [0.25, 0.3) is 0 Å². The van der Waals surface area contributed by atoms with Crippen molar-refractivity contribution in [3.8, 4) is 45.3 Å². The first-order chi connectivity index (χ1) is 27.3. The molecule has 3 aromatic heterocycles. The van der Waals surface area contributed by atoms with Crippen LogP contribution in [0.4, 0.5) is 0 Å². The second-order valence-corrected chi connectivity index (χ2v) is 16.4. The minimum Gasteiger partial charge on any atom is -0.509 e. The van der Waals surface area contributed by atoms with Gasteiger partial charge in [-0.15, -0.1) is 35.7 Å². The molecule has 8 aromatic rings. The van der Waals surface area contributed by atoms with E-state index in [0.717, 1.165) is 38.9 Å². The van der Waals surface area contributed by atoms with Gasteiger partial charge in [0.15, 0.2) is 0 Å². The molecule has 0 amide bonds. The minimum absolute atomic E-state index is 0. The third kappa shape index (κ3) is 6.95. The van der Waals surface area contributed by atoms with Gasteiger partial charge in [0.2, 0.25) is 0 Å². The van der Waals surface area contributed by atoms with E-state index in [-0.39, 0.29) is 31.9 Å². The van der Waals surface area contributed by atoms with Gasteiger partial charge in [-0.3, -0.25) is 4.68 Å². The van der Waals surface area contributed by atoms with Crippen LogP contribution in [0.25, 0.3) is 55.6 Å². The van der Waals surface area contributed by atoms with Gasteiger partial charge in [0.1, 0.15) is 5.82 Å². The molecule has 0 fully saturated rings. The van der Waals surface area contributed by atoms with Crippen LogP contribution in [0.5, 0.6) is 11.5 Å². The Morgan fingerprint density at radius 1 is 0.702 bits per heavy atom. The summed E-state index contributed by atoms with van der Waals surface area (Å²) in [6.07, 6.45) is 13.1. The maximum absolute atomic E-state index is 6.49. The zero-order valence-electron chi connectivity index (χ0n) is 33.4. The van der Waals surface area contributed by atoms with Crippen LogP contribution in [-0.4, -0.2) is 19.3 Å². The molecule has 0 aliphatic heterocycles. The van der Waals surface area contributed by atoms with Crippen LogP contribution in [0, 0.1) is 12.1 Å². The van der Waals surface area contributed by atoms with E-state index in [0.29, 0.717) is 11.5 Å². The Balaban J connectivity index is 0.00000455. The van der Waals surface area contributed by atoms with Gasteiger partial charge in [0, 0.05) is 40.4 Å². The Bertz CT molecular complexity index is 2710. The number of nitrogens with zero attached hydrogens (tertiary/aromatic N) is 4. The predicted octanol–water partition coefficient (Wildman–Crippen LogP) is 13.4. The fraction of sp³-hybridized carbons (Fsp3) is 0.255. The van der Waals surface area contributed by atoms with E-state index in [1.165, 1.54) is 71.9 Å². The number of aromatic nitrogens is 4. The summed E-state index contributed by atoms with van der Waals surface area (Å²) in [6.45, 7) is 11.3. The van der Waals surface area contributed by atoms with Crippen molar-refractivity contribution in [1.29, 1.82) is 0 Å². The van der Waals surface area contributed by atoms with Crippen molar-refractivity contribution >= 4 is 21.8 Å². The number of fused-ring (bicyclic) bond motifs is 6. The quantitative estimate of drug-likeness (QED) is 0.121. The number of para-hydroxylation sites is 1. The molecule has 0 radical (unpaired) electrons. The van der Waals surface area contributed by atoms with E-state index < -0.39 is 0 Å². The number of rotatable bonds is 11. The molecule has 57 heavy (non-hydrogen) atoms. The van der Waals surface area contributed by atoms with Crippen molar-refractivity contribution in [1.82, 2.24) is 19.3 Å². The molecule has 0 bridgehead atoms. The van der Waals surface area contributed by atoms with Crippen LogP contribution in [0.2, 0.25) is 0 Å². The number of hydrogen-bond donors (Lipinski definition) is 0. The first kappa shape index (κ1) is 38.6. The number of pyridine rings is 1. The number of ether oxygens (including phenoxy) is 1. The van der Waals surface area contributed by atoms with E-state index in [1.54, 1.807) is 0 Å². The second-order valence-electron chi connectivity index (χ2n) is 16.4. The summed E-state index contributed by atoms with van der Waals surface area (Å²) in [5, 5.41) is 7.07. The molecule has 0 unspecified atom stereocenters. The average molecular weight is 928 g/mol. The van der Waals surface area contributed by atoms with Gasteiger partial charge in [-0.2, -0.15) is 17.2 Å². The molecule has 288 valence electrons. The SMILES string of the molecule is CCCCC1(CCCC)c2ccccc2-c2ccc(-c3cnn(-c4[c-]c(Oc5[c-]c6c(cc5)c5ccccc5n6-c5cc(C(C)(C)C)ccn5)ccc4)c3)cc21.[Pt+2]. The van der Waals surface area contributed by atoms with E-state index in [2.05, 4.69) is 142 Å². The Hall–Kier alpha value is -5.25. The number of hydrogen-bond acceptors (Lipinski definition) is 3. The van der Waals surface area contributed by atoms with E-state index in [9.17, 15) is 0 Å². The zero-order valence-corrected chi connectivity index (χ0v) is 35.7. The topological polar surface area (TPSA) is 44.9 Å². The first-order valence-corrected chi connectivity index (χ1v) is 20.2. The summed E-state index contributed by atoms with van der Waals surface area (Å²) < 4.78 is 10.6. The third-order valence-electron chi connectivity index (χ3n) is 11.7. The maximum Gasteiger partial charge on any atom is 2.00 e. The summed E-state index contributed by atoms with van der Waals surface area (Å²) in [5.74, 6) is 2.06. The summed E-state index contributed by atoms with van der Waals surface area (Å²) in [4.78, 5) is 4.82. The van der Waals surface area contributed by atoms with Crippen molar-refractivity contribution in [2.24, 2.45) is 0 Å². The van der Waals surface area contributed by atoms with Crippen LogP contribution in [0.15, 0.2) is 128 Å². The molecule has 5 nitrogen and oxygen atoms in total. The van der Waals surface area contributed by atoms with E-state index >= 15 is 0 Å². The average Bonchev–Trinajstić information content (AvgIpc) is 3.91. The fourth-order valence-electron chi connectivity index (χ4n) is 8.79. The molecule has 1 aliphatic rings. The standard InChI is InChI=1S/C51H48N4O.Pt/c1-6-8-26-51(27-9-7-2)45-19-12-10-17-41(45)42-23-21-35(29-46(42)51)36-33-53-54(34-36)38-15-14-16-39(31-38)56-40-22-24-44-43-18-11-13-20-47(43)55(48(44)32-40)49-30-37(25-28-52-49)50(3,4)5;/h10-25,28-30,33-34H,6-9,26-27H2,1-5H3;/q-2;+2. The van der Waals surface area contributed by atoms with Crippen LogP contribution >= 0.6 is 0 Å². The minimum atomic E-state index is -0.00721. The first-order valence-electron chi connectivity index (χ1n) is 20.2. The molecule has 0 saturated heterocycles. The molecule has 9 rings (SSSR count). The van der Waals surface area contributed by atoms with Gasteiger partial charge in [-0.25, -0.2) is 4.98 Å².